The van der Waals surface area contributed by atoms with Gasteiger partial charge < -0.3 is 4.74 Å². The van der Waals surface area contributed by atoms with Gasteiger partial charge in [-0.2, -0.15) is 0 Å². The van der Waals surface area contributed by atoms with Gasteiger partial charge >= 0.3 is 0 Å². The quantitative estimate of drug-likeness (QED) is 0.333. The standard InChI is InChI=1S/C28H26O/c1-21(23-9-5-3-6-10-23)25-13-17-27(18-14-25)29-28-19-15-26(16-20-28)22(2)24-11-7-4-8-12-24/h3-22H,1-2H3. The minimum Gasteiger partial charge on any atom is -0.457 e. The molecule has 0 aliphatic heterocycles. The lowest BCUT2D eigenvalue weighted by atomic mass is 9.93. The summed E-state index contributed by atoms with van der Waals surface area (Å²) in [5.74, 6) is 2.45. The third-order valence-electron chi connectivity index (χ3n) is 5.60. The van der Waals surface area contributed by atoms with Gasteiger partial charge in [-0.15, -0.1) is 0 Å². The van der Waals surface area contributed by atoms with Crippen molar-refractivity contribution in [1.29, 1.82) is 0 Å². The molecule has 2 atom stereocenters. The maximum Gasteiger partial charge on any atom is 0.127 e. The summed E-state index contributed by atoms with van der Waals surface area (Å²) >= 11 is 0. The lowest BCUT2D eigenvalue weighted by Crippen LogP contribution is -1.96. The van der Waals surface area contributed by atoms with E-state index in [2.05, 4.69) is 123 Å². The maximum atomic E-state index is 6.06. The second-order valence-corrected chi connectivity index (χ2v) is 7.50. The third kappa shape index (κ3) is 4.57. The van der Waals surface area contributed by atoms with Crippen molar-refractivity contribution < 1.29 is 4.74 Å². The molecule has 4 rings (SSSR count). The average molecular weight is 379 g/mol. The Kier molecular flexibility index (Phi) is 5.76. The van der Waals surface area contributed by atoms with Gasteiger partial charge in [0.25, 0.3) is 0 Å². The van der Waals surface area contributed by atoms with E-state index in [0.717, 1.165) is 11.5 Å². The summed E-state index contributed by atoms with van der Waals surface area (Å²) in [6.07, 6.45) is 0. The van der Waals surface area contributed by atoms with E-state index < -0.39 is 0 Å². The van der Waals surface area contributed by atoms with E-state index in [4.69, 9.17) is 4.74 Å². The van der Waals surface area contributed by atoms with Crippen molar-refractivity contribution in [3.05, 3.63) is 131 Å². The Hall–Kier alpha value is -3.32. The molecule has 4 aromatic carbocycles. The summed E-state index contributed by atoms with van der Waals surface area (Å²) in [6.45, 7) is 4.47. The SMILES string of the molecule is CC(c1ccccc1)c1ccc(Oc2ccc(C(C)c3ccccc3)cc2)cc1. The number of benzene rings is 4. The van der Waals surface area contributed by atoms with Gasteiger partial charge in [0.1, 0.15) is 11.5 Å². The van der Waals surface area contributed by atoms with Crippen LogP contribution in [0, 0.1) is 0 Å². The zero-order valence-electron chi connectivity index (χ0n) is 17.0. The van der Waals surface area contributed by atoms with Gasteiger partial charge in [-0.1, -0.05) is 98.8 Å². The van der Waals surface area contributed by atoms with Crippen molar-refractivity contribution in [1.82, 2.24) is 0 Å². The van der Waals surface area contributed by atoms with Gasteiger partial charge in [0.05, 0.1) is 0 Å². The second kappa shape index (κ2) is 8.79. The van der Waals surface area contributed by atoms with Crippen LogP contribution in [0.4, 0.5) is 0 Å². The third-order valence-corrected chi connectivity index (χ3v) is 5.60. The van der Waals surface area contributed by atoms with Crippen LogP contribution in [-0.4, -0.2) is 0 Å². The van der Waals surface area contributed by atoms with E-state index in [0.29, 0.717) is 11.8 Å². The van der Waals surface area contributed by atoms with Gasteiger partial charge in [0, 0.05) is 11.8 Å². The lowest BCUT2D eigenvalue weighted by Gasteiger charge is -2.14. The number of hydrogen-bond acceptors (Lipinski definition) is 1. The summed E-state index contributed by atoms with van der Waals surface area (Å²) in [6, 6.07) is 38.0. The molecule has 0 aliphatic carbocycles. The molecule has 0 N–H and O–H groups in total. The molecule has 0 aliphatic rings. The molecule has 0 aromatic heterocycles. The monoisotopic (exact) mass is 378 g/mol. The first-order valence-corrected chi connectivity index (χ1v) is 10.2. The molecular formula is C28H26O. The van der Waals surface area contributed by atoms with Crippen LogP contribution in [0.1, 0.15) is 47.9 Å². The molecule has 0 radical (unpaired) electrons. The highest BCUT2D eigenvalue weighted by atomic mass is 16.5. The zero-order valence-corrected chi connectivity index (χ0v) is 17.0. The molecule has 4 aromatic rings. The summed E-state index contributed by atoms with van der Waals surface area (Å²) in [5, 5.41) is 0. The van der Waals surface area contributed by atoms with Crippen LogP contribution in [0.2, 0.25) is 0 Å². The first-order valence-electron chi connectivity index (χ1n) is 10.2. The molecule has 0 amide bonds. The van der Waals surface area contributed by atoms with Gasteiger partial charge in [0.2, 0.25) is 0 Å². The molecule has 0 saturated carbocycles. The molecular weight excluding hydrogens is 352 g/mol. The van der Waals surface area contributed by atoms with E-state index >= 15 is 0 Å². The number of rotatable bonds is 6. The molecule has 144 valence electrons. The normalized spacial score (nSPS) is 12.9. The fraction of sp³-hybridized carbons (Fsp3) is 0.143. The smallest absolute Gasteiger partial charge is 0.127 e. The molecule has 0 fully saturated rings. The van der Waals surface area contributed by atoms with Crippen LogP contribution >= 0.6 is 0 Å². The van der Waals surface area contributed by atoms with E-state index in [1.807, 2.05) is 0 Å². The molecule has 2 unspecified atom stereocenters. The van der Waals surface area contributed by atoms with Crippen LogP contribution in [0.15, 0.2) is 109 Å². The van der Waals surface area contributed by atoms with E-state index in [-0.39, 0.29) is 0 Å². The summed E-state index contributed by atoms with van der Waals surface area (Å²) in [7, 11) is 0. The fourth-order valence-electron chi connectivity index (χ4n) is 3.65. The average Bonchev–Trinajstić information content (AvgIpc) is 2.80. The molecule has 29 heavy (non-hydrogen) atoms. The minimum absolute atomic E-state index is 0.365. The Balaban J connectivity index is 1.43. The van der Waals surface area contributed by atoms with E-state index in [9.17, 15) is 0 Å². The lowest BCUT2D eigenvalue weighted by molar-refractivity contribution is 0.482. The van der Waals surface area contributed by atoms with Crippen molar-refractivity contribution in [3.8, 4) is 11.5 Å². The highest BCUT2D eigenvalue weighted by molar-refractivity contribution is 5.40. The van der Waals surface area contributed by atoms with Crippen LogP contribution in [0.5, 0.6) is 11.5 Å². The molecule has 0 bridgehead atoms. The highest BCUT2D eigenvalue weighted by Gasteiger charge is 2.10. The van der Waals surface area contributed by atoms with Gasteiger partial charge in [0.15, 0.2) is 0 Å². The summed E-state index contributed by atoms with van der Waals surface area (Å²) < 4.78 is 6.06. The highest BCUT2D eigenvalue weighted by Crippen LogP contribution is 2.29. The largest absolute Gasteiger partial charge is 0.457 e. The summed E-state index contributed by atoms with van der Waals surface area (Å²) in [5.41, 5.74) is 5.22. The number of hydrogen-bond donors (Lipinski definition) is 0. The van der Waals surface area contributed by atoms with Crippen molar-refractivity contribution in [2.45, 2.75) is 25.7 Å². The van der Waals surface area contributed by atoms with Crippen LogP contribution < -0.4 is 4.74 Å². The summed E-state index contributed by atoms with van der Waals surface area (Å²) in [4.78, 5) is 0. The predicted octanol–water partition coefficient (Wildman–Crippen LogP) is 7.78. The fourth-order valence-corrected chi connectivity index (χ4v) is 3.65. The molecule has 0 saturated heterocycles. The second-order valence-electron chi connectivity index (χ2n) is 7.50. The van der Waals surface area contributed by atoms with Gasteiger partial charge in [-0.05, 0) is 46.5 Å². The van der Waals surface area contributed by atoms with Crippen molar-refractivity contribution >= 4 is 0 Å². The van der Waals surface area contributed by atoms with Crippen LogP contribution in [-0.2, 0) is 0 Å². The van der Waals surface area contributed by atoms with Crippen LogP contribution in [0.25, 0.3) is 0 Å². The van der Waals surface area contributed by atoms with E-state index in [1.54, 1.807) is 0 Å². The van der Waals surface area contributed by atoms with Crippen molar-refractivity contribution in [2.75, 3.05) is 0 Å². The Morgan fingerprint density at radius 2 is 0.724 bits per heavy atom. The molecule has 1 nitrogen and oxygen atoms in total. The van der Waals surface area contributed by atoms with Crippen molar-refractivity contribution in [2.24, 2.45) is 0 Å². The predicted molar refractivity (Wildman–Crippen MR) is 121 cm³/mol. The molecule has 1 heteroatoms. The Labute approximate surface area is 173 Å². The minimum atomic E-state index is 0.365. The van der Waals surface area contributed by atoms with Crippen molar-refractivity contribution in [3.63, 3.8) is 0 Å². The Morgan fingerprint density at radius 1 is 0.414 bits per heavy atom. The first-order chi connectivity index (χ1) is 14.2. The molecule has 0 heterocycles. The maximum absolute atomic E-state index is 6.06. The zero-order chi connectivity index (χ0) is 20.1. The van der Waals surface area contributed by atoms with Crippen LogP contribution in [0.3, 0.4) is 0 Å². The Bertz CT molecular complexity index is 932. The Morgan fingerprint density at radius 3 is 1.07 bits per heavy atom. The first kappa shape index (κ1) is 19.0. The van der Waals surface area contributed by atoms with Gasteiger partial charge in [-0.3, -0.25) is 0 Å². The molecule has 0 spiro atoms. The van der Waals surface area contributed by atoms with Gasteiger partial charge in [-0.25, -0.2) is 0 Å². The number of ether oxygens (including phenoxy) is 1. The topological polar surface area (TPSA) is 9.23 Å². The van der Waals surface area contributed by atoms with E-state index in [1.165, 1.54) is 22.3 Å².